The van der Waals surface area contributed by atoms with Crippen LogP contribution in [0.1, 0.15) is 36.8 Å². The Balaban J connectivity index is 2.15. The van der Waals surface area contributed by atoms with Gasteiger partial charge in [-0.3, -0.25) is 4.79 Å². The zero-order valence-electron chi connectivity index (χ0n) is 9.20. The summed E-state index contributed by atoms with van der Waals surface area (Å²) in [6.07, 6.45) is 4.95. The third kappa shape index (κ3) is 5.63. The minimum atomic E-state index is 0.00494. The molecule has 1 aromatic carbocycles. The SMILES string of the molecule is Cc1ccc(CCCCCC(=O)S)cc1. The highest BCUT2D eigenvalue weighted by atomic mass is 32.1. The molecule has 0 N–H and O–H groups in total. The number of carbonyl (C=O) groups excluding carboxylic acids is 1. The zero-order valence-corrected chi connectivity index (χ0v) is 10.1. The Morgan fingerprint density at radius 3 is 2.40 bits per heavy atom. The zero-order chi connectivity index (χ0) is 11.1. The summed E-state index contributed by atoms with van der Waals surface area (Å²) >= 11 is 3.74. The largest absolute Gasteiger partial charge is 0.288 e. The van der Waals surface area contributed by atoms with Crippen LogP contribution in [0.25, 0.3) is 0 Å². The summed E-state index contributed by atoms with van der Waals surface area (Å²) in [4.78, 5) is 10.6. The maximum absolute atomic E-state index is 10.6. The predicted molar refractivity (Wildman–Crippen MR) is 67.3 cm³/mol. The lowest BCUT2D eigenvalue weighted by atomic mass is 10.1. The van der Waals surface area contributed by atoms with E-state index in [9.17, 15) is 4.79 Å². The molecule has 15 heavy (non-hydrogen) atoms. The summed E-state index contributed by atoms with van der Waals surface area (Å²) in [5.41, 5.74) is 2.69. The van der Waals surface area contributed by atoms with E-state index in [1.807, 2.05) is 0 Å². The standard InChI is InChI=1S/C13H18OS/c1-11-7-9-12(10-8-11)5-3-2-4-6-13(14)15/h7-10H,2-6H2,1H3,(H,14,15). The smallest absolute Gasteiger partial charge is 0.185 e. The second kappa shape index (κ2) is 6.67. The Hall–Kier alpha value is -0.760. The van der Waals surface area contributed by atoms with Crippen LogP contribution in [0.2, 0.25) is 0 Å². The number of hydrogen-bond acceptors (Lipinski definition) is 1. The lowest BCUT2D eigenvalue weighted by molar-refractivity contribution is -0.110. The van der Waals surface area contributed by atoms with Crippen LogP contribution in [0.15, 0.2) is 24.3 Å². The minimum Gasteiger partial charge on any atom is -0.288 e. The number of rotatable bonds is 6. The average molecular weight is 222 g/mol. The van der Waals surface area contributed by atoms with Gasteiger partial charge in [-0.2, -0.15) is 0 Å². The Bertz CT molecular complexity index is 303. The van der Waals surface area contributed by atoms with Gasteiger partial charge < -0.3 is 0 Å². The molecule has 0 aliphatic rings. The first-order valence-corrected chi connectivity index (χ1v) is 5.90. The van der Waals surface area contributed by atoms with Crippen LogP contribution >= 0.6 is 12.6 Å². The van der Waals surface area contributed by atoms with E-state index < -0.39 is 0 Å². The quantitative estimate of drug-likeness (QED) is 0.575. The van der Waals surface area contributed by atoms with Crippen LogP contribution in [0, 0.1) is 6.92 Å². The van der Waals surface area contributed by atoms with E-state index in [-0.39, 0.29) is 5.12 Å². The van der Waals surface area contributed by atoms with Crippen LogP contribution in [0.5, 0.6) is 0 Å². The Morgan fingerprint density at radius 1 is 1.13 bits per heavy atom. The van der Waals surface area contributed by atoms with Crippen molar-refractivity contribution in [3.63, 3.8) is 0 Å². The van der Waals surface area contributed by atoms with Crippen LogP contribution in [0.3, 0.4) is 0 Å². The lowest BCUT2D eigenvalue weighted by Crippen LogP contribution is -1.89. The van der Waals surface area contributed by atoms with E-state index in [1.54, 1.807) is 0 Å². The molecule has 1 aromatic rings. The Morgan fingerprint density at radius 2 is 1.80 bits per heavy atom. The molecule has 0 unspecified atom stereocenters. The van der Waals surface area contributed by atoms with Crippen molar-refractivity contribution in [3.05, 3.63) is 35.4 Å². The van der Waals surface area contributed by atoms with Crippen LogP contribution in [-0.4, -0.2) is 5.12 Å². The second-order valence-electron chi connectivity index (χ2n) is 3.94. The second-order valence-corrected chi connectivity index (χ2v) is 4.44. The monoisotopic (exact) mass is 222 g/mol. The van der Waals surface area contributed by atoms with Gasteiger partial charge in [0.2, 0.25) is 0 Å². The van der Waals surface area contributed by atoms with E-state index >= 15 is 0 Å². The average Bonchev–Trinajstić information content (AvgIpc) is 2.20. The van der Waals surface area contributed by atoms with Gasteiger partial charge in [-0.25, -0.2) is 0 Å². The topological polar surface area (TPSA) is 17.1 Å². The molecule has 1 rings (SSSR count). The van der Waals surface area contributed by atoms with Crippen molar-refractivity contribution in [1.82, 2.24) is 0 Å². The number of thiol groups is 1. The highest BCUT2D eigenvalue weighted by Crippen LogP contribution is 2.09. The van der Waals surface area contributed by atoms with Crippen molar-refractivity contribution in [3.8, 4) is 0 Å². The Labute approximate surface area is 97.3 Å². The molecule has 0 heterocycles. The molecule has 0 amide bonds. The van der Waals surface area contributed by atoms with E-state index in [4.69, 9.17) is 0 Å². The van der Waals surface area contributed by atoms with Gasteiger partial charge in [-0.15, -0.1) is 12.6 Å². The molecule has 0 saturated carbocycles. The summed E-state index contributed by atoms with van der Waals surface area (Å²) in [7, 11) is 0. The number of benzene rings is 1. The van der Waals surface area contributed by atoms with Gasteiger partial charge in [0.05, 0.1) is 0 Å². The summed E-state index contributed by atoms with van der Waals surface area (Å²) in [6.45, 7) is 2.10. The molecule has 0 fully saturated rings. The maximum atomic E-state index is 10.6. The number of carbonyl (C=O) groups is 1. The molecule has 0 atom stereocenters. The molecular formula is C13H18OS. The molecule has 0 aliphatic heterocycles. The number of unbranched alkanes of at least 4 members (excludes halogenated alkanes) is 2. The van der Waals surface area contributed by atoms with Crippen molar-refractivity contribution >= 4 is 17.7 Å². The fraction of sp³-hybridized carbons (Fsp3) is 0.462. The molecule has 0 spiro atoms. The molecule has 0 aliphatic carbocycles. The third-order valence-corrected chi connectivity index (χ3v) is 2.70. The van der Waals surface area contributed by atoms with Gasteiger partial charge >= 0.3 is 0 Å². The van der Waals surface area contributed by atoms with E-state index in [2.05, 4.69) is 43.8 Å². The highest BCUT2D eigenvalue weighted by Gasteiger charge is 1.96. The fourth-order valence-electron chi connectivity index (χ4n) is 1.54. The third-order valence-electron chi connectivity index (χ3n) is 2.48. The van der Waals surface area contributed by atoms with E-state index in [0.717, 1.165) is 25.7 Å². The maximum Gasteiger partial charge on any atom is 0.185 e. The van der Waals surface area contributed by atoms with Gasteiger partial charge in [0.25, 0.3) is 0 Å². The summed E-state index contributed by atoms with van der Waals surface area (Å²) in [5, 5.41) is 0.00494. The summed E-state index contributed by atoms with van der Waals surface area (Å²) < 4.78 is 0. The first kappa shape index (κ1) is 12.3. The fourth-order valence-corrected chi connectivity index (χ4v) is 1.69. The first-order valence-electron chi connectivity index (χ1n) is 5.46. The first-order chi connectivity index (χ1) is 7.18. The molecule has 2 heteroatoms. The lowest BCUT2D eigenvalue weighted by Gasteiger charge is -2.01. The Kier molecular flexibility index (Phi) is 5.48. The van der Waals surface area contributed by atoms with Gasteiger partial charge in [-0.1, -0.05) is 36.2 Å². The molecule has 82 valence electrons. The molecule has 0 saturated heterocycles. The highest BCUT2D eigenvalue weighted by molar-refractivity contribution is 7.96. The van der Waals surface area contributed by atoms with Gasteiger partial charge in [0, 0.05) is 6.42 Å². The van der Waals surface area contributed by atoms with Gasteiger partial charge in [0.1, 0.15) is 0 Å². The van der Waals surface area contributed by atoms with Crippen molar-refractivity contribution in [2.45, 2.75) is 39.0 Å². The van der Waals surface area contributed by atoms with Gasteiger partial charge in [0.15, 0.2) is 5.12 Å². The van der Waals surface area contributed by atoms with Crippen molar-refractivity contribution in [2.24, 2.45) is 0 Å². The van der Waals surface area contributed by atoms with Crippen LogP contribution in [0.4, 0.5) is 0 Å². The number of aryl methyl sites for hydroxylation is 2. The normalized spacial score (nSPS) is 10.3. The summed E-state index contributed by atoms with van der Waals surface area (Å²) in [6, 6.07) is 8.65. The van der Waals surface area contributed by atoms with Crippen LogP contribution < -0.4 is 0 Å². The predicted octanol–water partition coefficient (Wildman–Crippen LogP) is 3.55. The molecular weight excluding hydrogens is 204 g/mol. The van der Waals surface area contributed by atoms with E-state index in [1.165, 1.54) is 11.1 Å². The van der Waals surface area contributed by atoms with Gasteiger partial charge in [-0.05, 0) is 31.7 Å². The van der Waals surface area contributed by atoms with Crippen molar-refractivity contribution < 1.29 is 4.79 Å². The summed E-state index contributed by atoms with van der Waals surface area (Å²) in [5.74, 6) is 0. The number of hydrogen-bond donors (Lipinski definition) is 1. The minimum absolute atomic E-state index is 0.00494. The van der Waals surface area contributed by atoms with Crippen molar-refractivity contribution in [2.75, 3.05) is 0 Å². The molecule has 0 aromatic heterocycles. The van der Waals surface area contributed by atoms with E-state index in [0.29, 0.717) is 6.42 Å². The molecule has 0 radical (unpaired) electrons. The molecule has 0 bridgehead atoms. The van der Waals surface area contributed by atoms with Crippen LogP contribution in [-0.2, 0) is 11.2 Å². The molecule has 1 nitrogen and oxygen atoms in total. The van der Waals surface area contributed by atoms with Crippen molar-refractivity contribution in [1.29, 1.82) is 0 Å².